The summed E-state index contributed by atoms with van der Waals surface area (Å²) in [5.41, 5.74) is 0. The Balaban J connectivity index is 1.56. The van der Waals surface area contributed by atoms with E-state index in [1.54, 1.807) is 0 Å². The molecule has 3 atom stereocenters. The fourth-order valence-electron chi connectivity index (χ4n) is 4.33. The maximum Gasteiger partial charge on any atom is 0.0672 e. The zero-order valence-corrected chi connectivity index (χ0v) is 12.9. The normalized spacial score (nSPS) is 36.7. The molecule has 3 nitrogen and oxygen atoms in total. The molecule has 2 aliphatic carbocycles. The van der Waals surface area contributed by atoms with Gasteiger partial charge in [-0.2, -0.15) is 5.26 Å². The maximum atomic E-state index is 9.47. The van der Waals surface area contributed by atoms with Crippen LogP contribution < -0.4 is 0 Å². The summed E-state index contributed by atoms with van der Waals surface area (Å²) in [6.45, 7) is 7.14. The minimum atomic E-state index is 0.288. The highest BCUT2D eigenvalue weighted by atomic mass is 15.3. The highest BCUT2D eigenvalue weighted by Gasteiger charge is 2.37. The minimum absolute atomic E-state index is 0.288. The Morgan fingerprint density at radius 1 is 1.00 bits per heavy atom. The molecule has 0 spiro atoms. The van der Waals surface area contributed by atoms with Crippen molar-refractivity contribution in [3.8, 4) is 6.07 Å². The summed E-state index contributed by atoms with van der Waals surface area (Å²) in [6, 6.07) is 4.06. The molecule has 3 aliphatic rings. The van der Waals surface area contributed by atoms with E-state index < -0.39 is 0 Å². The number of nitriles is 1. The van der Waals surface area contributed by atoms with E-state index in [1.807, 2.05) is 0 Å². The molecule has 1 heterocycles. The summed E-state index contributed by atoms with van der Waals surface area (Å²) in [6.07, 6.45) is 9.18. The van der Waals surface area contributed by atoms with Crippen LogP contribution in [-0.4, -0.2) is 48.1 Å². The van der Waals surface area contributed by atoms with Gasteiger partial charge in [-0.05, 0) is 38.0 Å². The summed E-state index contributed by atoms with van der Waals surface area (Å²) in [5.74, 6) is 1.16. The SMILES string of the molecule is CCCC1CCC(C#N)C(N2CCN(C3CC3)CC2)C1. The molecule has 0 bridgehead atoms. The number of piperazine rings is 1. The van der Waals surface area contributed by atoms with Crippen LogP contribution >= 0.6 is 0 Å². The van der Waals surface area contributed by atoms with Crippen LogP contribution in [0, 0.1) is 23.2 Å². The van der Waals surface area contributed by atoms with Crippen LogP contribution in [0.15, 0.2) is 0 Å². The highest BCUT2D eigenvalue weighted by Crippen LogP contribution is 2.35. The molecule has 0 aromatic rings. The molecular formula is C17H29N3. The van der Waals surface area contributed by atoms with E-state index in [4.69, 9.17) is 0 Å². The molecule has 3 heteroatoms. The molecule has 0 amide bonds. The standard InChI is InChI=1S/C17H29N3/c1-2-3-14-4-5-15(13-18)17(12-14)20-10-8-19(9-11-20)16-6-7-16/h14-17H,2-12H2,1H3. The van der Waals surface area contributed by atoms with Crippen LogP contribution in [0.1, 0.15) is 51.9 Å². The van der Waals surface area contributed by atoms with Crippen molar-refractivity contribution in [3.63, 3.8) is 0 Å². The van der Waals surface area contributed by atoms with Crippen molar-refractivity contribution in [2.75, 3.05) is 26.2 Å². The van der Waals surface area contributed by atoms with Crippen molar-refractivity contribution in [3.05, 3.63) is 0 Å². The zero-order chi connectivity index (χ0) is 13.9. The van der Waals surface area contributed by atoms with Gasteiger partial charge < -0.3 is 0 Å². The van der Waals surface area contributed by atoms with Crippen molar-refractivity contribution in [1.82, 2.24) is 9.80 Å². The first kappa shape index (κ1) is 14.4. The van der Waals surface area contributed by atoms with Crippen molar-refractivity contribution in [1.29, 1.82) is 5.26 Å². The van der Waals surface area contributed by atoms with Gasteiger partial charge in [-0.3, -0.25) is 9.80 Å². The van der Waals surface area contributed by atoms with Gasteiger partial charge in [-0.1, -0.05) is 19.8 Å². The average molecular weight is 275 g/mol. The summed E-state index contributed by atoms with van der Waals surface area (Å²) in [5, 5.41) is 9.47. The van der Waals surface area contributed by atoms with Crippen molar-refractivity contribution >= 4 is 0 Å². The summed E-state index contributed by atoms with van der Waals surface area (Å²) < 4.78 is 0. The Labute approximate surface area is 123 Å². The number of rotatable bonds is 4. The smallest absolute Gasteiger partial charge is 0.0672 e. The van der Waals surface area contributed by atoms with E-state index in [-0.39, 0.29) is 5.92 Å². The van der Waals surface area contributed by atoms with E-state index in [0.717, 1.165) is 18.4 Å². The Bertz CT molecular complexity index is 350. The molecule has 0 aromatic carbocycles. The van der Waals surface area contributed by atoms with Crippen molar-refractivity contribution in [2.45, 2.75) is 64.0 Å². The van der Waals surface area contributed by atoms with Gasteiger partial charge in [0.25, 0.3) is 0 Å². The van der Waals surface area contributed by atoms with E-state index in [1.165, 1.54) is 64.7 Å². The predicted molar refractivity (Wildman–Crippen MR) is 81.3 cm³/mol. The average Bonchev–Trinajstić information content (AvgIpc) is 3.32. The highest BCUT2D eigenvalue weighted by molar-refractivity contribution is 4.99. The summed E-state index contributed by atoms with van der Waals surface area (Å²) in [4.78, 5) is 5.32. The van der Waals surface area contributed by atoms with E-state index in [0.29, 0.717) is 6.04 Å². The first-order valence-corrected chi connectivity index (χ1v) is 8.69. The van der Waals surface area contributed by atoms with Crippen LogP contribution in [0.2, 0.25) is 0 Å². The van der Waals surface area contributed by atoms with Gasteiger partial charge in [0, 0.05) is 38.3 Å². The number of nitrogens with zero attached hydrogens (tertiary/aromatic N) is 3. The van der Waals surface area contributed by atoms with Crippen molar-refractivity contribution < 1.29 is 0 Å². The van der Waals surface area contributed by atoms with Gasteiger partial charge in [-0.25, -0.2) is 0 Å². The number of hydrogen-bond donors (Lipinski definition) is 0. The van der Waals surface area contributed by atoms with Gasteiger partial charge in [0.05, 0.1) is 12.0 Å². The zero-order valence-electron chi connectivity index (χ0n) is 12.9. The van der Waals surface area contributed by atoms with Crippen LogP contribution in [0.4, 0.5) is 0 Å². The quantitative estimate of drug-likeness (QED) is 0.790. The Morgan fingerprint density at radius 2 is 1.70 bits per heavy atom. The summed E-state index contributed by atoms with van der Waals surface area (Å²) >= 11 is 0. The van der Waals surface area contributed by atoms with E-state index >= 15 is 0 Å². The van der Waals surface area contributed by atoms with Gasteiger partial charge in [0.15, 0.2) is 0 Å². The van der Waals surface area contributed by atoms with Gasteiger partial charge in [0.1, 0.15) is 0 Å². The first-order chi connectivity index (χ1) is 9.81. The Kier molecular flexibility index (Phi) is 4.63. The fourth-order valence-corrected chi connectivity index (χ4v) is 4.33. The molecule has 0 aromatic heterocycles. The third-order valence-electron chi connectivity index (χ3n) is 5.67. The van der Waals surface area contributed by atoms with Gasteiger partial charge >= 0.3 is 0 Å². The Hall–Kier alpha value is -0.590. The van der Waals surface area contributed by atoms with Gasteiger partial charge in [0.2, 0.25) is 0 Å². The van der Waals surface area contributed by atoms with Gasteiger partial charge in [-0.15, -0.1) is 0 Å². The second kappa shape index (κ2) is 6.45. The molecule has 3 unspecified atom stereocenters. The van der Waals surface area contributed by atoms with Crippen LogP contribution in [0.25, 0.3) is 0 Å². The Morgan fingerprint density at radius 3 is 2.30 bits per heavy atom. The predicted octanol–water partition coefficient (Wildman–Crippen LogP) is 2.87. The second-order valence-corrected chi connectivity index (χ2v) is 7.07. The lowest BCUT2D eigenvalue weighted by Gasteiger charge is -2.44. The van der Waals surface area contributed by atoms with Crippen molar-refractivity contribution in [2.24, 2.45) is 11.8 Å². The minimum Gasteiger partial charge on any atom is -0.298 e. The monoisotopic (exact) mass is 275 g/mol. The molecule has 20 heavy (non-hydrogen) atoms. The molecule has 3 rings (SSSR count). The lowest BCUT2D eigenvalue weighted by atomic mass is 9.76. The maximum absolute atomic E-state index is 9.47. The molecule has 0 N–H and O–H groups in total. The van der Waals surface area contributed by atoms with E-state index in [9.17, 15) is 5.26 Å². The van der Waals surface area contributed by atoms with Crippen LogP contribution in [0.3, 0.4) is 0 Å². The molecule has 2 saturated carbocycles. The second-order valence-electron chi connectivity index (χ2n) is 7.07. The lowest BCUT2D eigenvalue weighted by molar-refractivity contribution is 0.0453. The molecular weight excluding hydrogens is 246 g/mol. The molecule has 3 fully saturated rings. The van der Waals surface area contributed by atoms with E-state index in [2.05, 4.69) is 22.8 Å². The number of hydrogen-bond acceptors (Lipinski definition) is 3. The fraction of sp³-hybridized carbons (Fsp3) is 0.941. The summed E-state index contributed by atoms with van der Waals surface area (Å²) in [7, 11) is 0. The van der Waals surface area contributed by atoms with Crippen LogP contribution in [0.5, 0.6) is 0 Å². The molecule has 1 saturated heterocycles. The lowest BCUT2D eigenvalue weighted by Crippen LogP contribution is -2.54. The third kappa shape index (κ3) is 3.18. The topological polar surface area (TPSA) is 30.3 Å². The third-order valence-corrected chi connectivity index (χ3v) is 5.67. The van der Waals surface area contributed by atoms with Crippen LogP contribution in [-0.2, 0) is 0 Å². The molecule has 0 radical (unpaired) electrons. The largest absolute Gasteiger partial charge is 0.298 e. The molecule has 1 aliphatic heterocycles. The molecule has 112 valence electrons. The first-order valence-electron chi connectivity index (χ1n) is 8.69.